The number of pyridine rings is 1. The van der Waals surface area contributed by atoms with Crippen LogP contribution in [-0.4, -0.2) is 14.5 Å². The van der Waals surface area contributed by atoms with Gasteiger partial charge in [-0.05, 0) is 73.5 Å². The minimum absolute atomic E-state index is 0.355. The van der Waals surface area contributed by atoms with E-state index in [1.807, 2.05) is 12.5 Å². The number of aliphatic hydroxyl groups excluding tert-OH is 1. The average Bonchev–Trinajstić information content (AvgIpc) is 3.44. The molecule has 0 amide bonds. The van der Waals surface area contributed by atoms with Gasteiger partial charge < -0.3 is 9.51 Å². The van der Waals surface area contributed by atoms with E-state index < -0.39 is 0 Å². The van der Waals surface area contributed by atoms with Crippen LogP contribution in [0.5, 0.6) is 0 Å². The van der Waals surface area contributed by atoms with Crippen LogP contribution >= 0.6 is 0 Å². The highest BCUT2D eigenvalue weighted by molar-refractivity contribution is 5.59. The third kappa shape index (κ3) is 2.84. The Morgan fingerprint density at radius 3 is 2.38 bits per heavy atom. The molecular formula is C23H26N2O. The number of nitrogens with zero attached hydrogens (tertiary/aromatic N) is 2. The van der Waals surface area contributed by atoms with Gasteiger partial charge >= 0.3 is 0 Å². The van der Waals surface area contributed by atoms with Crippen LogP contribution in [0.3, 0.4) is 0 Å². The molecule has 2 aromatic heterocycles. The molecular weight excluding hydrogens is 320 g/mol. The highest BCUT2D eigenvalue weighted by Crippen LogP contribution is 2.47. The molecule has 0 spiro atoms. The van der Waals surface area contributed by atoms with E-state index in [0.717, 1.165) is 23.9 Å². The van der Waals surface area contributed by atoms with Gasteiger partial charge in [0.1, 0.15) is 0 Å². The molecule has 1 aromatic carbocycles. The maximum absolute atomic E-state index is 11.3. The summed E-state index contributed by atoms with van der Waals surface area (Å²) < 4.78 is 2.06. The molecule has 26 heavy (non-hydrogen) atoms. The van der Waals surface area contributed by atoms with E-state index in [-0.39, 0.29) is 6.10 Å². The Morgan fingerprint density at radius 1 is 0.923 bits per heavy atom. The number of benzene rings is 1. The zero-order valence-corrected chi connectivity index (χ0v) is 15.1. The molecule has 134 valence electrons. The molecule has 2 aliphatic rings. The largest absolute Gasteiger partial charge is 0.388 e. The maximum Gasteiger partial charge on any atom is 0.0992 e. The molecule has 0 unspecified atom stereocenters. The summed E-state index contributed by atoms with van der Waals surface area (Å²) in [5.41, 5.74) is 5.05. The van der Waals surface area contributed by atoms with Crippen LogP contribution in [0, 0.1) is 5.92 Å². The maximum atomic E-state index is 11.3. The molecule has 3 nitrogen and oxygen atoms in total. The minimum atomic E-state index is -0.372. The van der Waals surface area contributed by atoms with Crippen LogP contribution in [0.1, 0.15) is 73.2 Å². The number of imidazole rings is 1. The summed E-state index contributed by atoms with van der Waals surface area (Å²) in [6.45, 7) is 0. The fraction of sp³-hybridized carbons (Fsp3) is 0.435. The van der Waals surface area contributed by atoms with Gasteiger partial charge in [0.15, 0.2) is 0 Å². The number of aromatic nitrogens is 2. The second-order valence-electron chi connectivity index (χ2n) is 8.11. The summed E-state index contributed by atoms with van der Waals surface area (Å²) in [4.78, 5) is 4.31. The molecule has 1 N–H and O–H groups in total. The van der Waals surface area contributed by atoms with E-state index in [1.54, 1.807) is 0 Å². The van der Waals surface area contributed by atoms with Crippen molar-refractivity contribution >= 4 is 5.52 Å². The fourth-order valence-corrected chi connectivity index (χ4v) is 4.83. The second-order valence-corrected chi connectivity index (χ2v) is 8.11. The first-order valence-corrected chi connectivity index (χ1v) is 9.98. The summed E-state index contributed by atoms with van der Waals surface area (Å²) in [6, 6.07) is 13.1. The average molecular weight is 346 g/mol. The Labute approximate surface area is 154 Å². The van der Waals surface area contributed by atoms with Crippen LogP contribution in [0.2, 0.25) is 0 Å². The standard InChI is InChI=1S/C23H26N2O/c26-23(19-10-6-17(7-11-19)16-4-2-1-3-5-16)22-20(18-8-9-18)12-13-25-15-24-14-21(22)25/h1-5,12-15,17-19,23,26H,6-11H2/t17?,19?,23-/m0/s1. The van der Waals surface area contributed by atoms with Gasteiger partial charge in [-0.15, -0.1) is 0 Å². The number of hydrogen-bond acceptors (Lipinski definition) is 2. The molecule has 1 atom stereocenters. The van der Waals surface area contributed by atoms with Crippen LogP contribution in [-0.2, 0) is 0 Å². The van der Waals surface area contributed by atoms with Gasteiger partial charge in [0.25, 0.3) is 0 Å². The van der Waals surface area contributed by atoms with E-state index in [2.05, 4.69) is 52.0 Å². The van der Waals surface area contributed by atoms with Crippen molar-refractivity contribution in [1.29, 1.82) is 0 Å². The molecule has 0 bridgehead atoms. The predicted molar refractivity (Wildman–Crippen MR) is 103 cm³/mol. The lowest BCUT2D eigenvalue weighted by Gasteiger charge is -2.33. The topological polar surface area (TPSA) is 37.5 Å². The van der Waals surface area contributed by atoms with Gasteiger partial charge in [-0.1, -0.05) is 30.3 Å². The van der Waals surface area contributed by atoms with Gasteiger partial charge in [0.2, 0.25) is 0 Å². The van der Waals surface area contributed by atoms with E-state index in [9.17, 15) is 5.11 Å². The van der Waals surface area contributed by atoms with Crippen molar-refractivity contribution in [3.8, 4) is 0 Å². The van der Waals surface area contributed by atoms with Gasteiger partial charge in [-0.2, -0.15) is 0 Å². The van der Waals surface area contributed by atoms with Crippen LogP contribution in [0.15, 0.2) is 55.1 Å². The third-order valence-electron chi connectivity index (χ3n) is 6.47. The number of fused-ring (bicyclic) bond motifs is 1. The molecule has 2 saturated carbocycles. The van der Waals surface area contributed by atoms with Gasteiger partial charge in [0, 0.05) is 11.8 Å². The Balaban J connectivity index is 1.39. The normalized spacial score (nSPS) is 24.7. The Bertz CT molecular complexity index is 889. The van der Waals surface area contributed by atoms with Crippen molar-refractivity contribution < 1.29 is 5.11 Å². The van der Waals surface area contributed by atoms with Gasteiger partial charge in [-0.25, -0.2) is 4.98 Å². The van der Waals surface area contributed by atoms with Crippen LogP contribution < -0.4 is 0 Å². The summed E-state index contributed by atoms with van der Waals surface area (Å²) in [5, 5.41) is 11.3. The highest BCUT2D eigenvalue weighted by atomic mass is 16.3. The molecule has 0 radical (unpaired) electrons. The van der Waals surface area contributed by atoms with E-state index >= 15 is 0 Å². The molecule has 2 fully saturated rings. The predicted octanol–water partition coefficient (Wildman–Crippen LogP) is 5.22. The number of rotatable bonds is 4. The van der Waals surface area contributed by atoms with Crippen molar-refractivity contribution in [2.45, 2.75) is 56.5 Å². The van der Waals surface area contributed by atoms with Crippen molar-refractivity contribution in [2.24, 2.45) is 5.92 Å². The fourth-order valence-electron chi connectivity index (χ4n) is 4.83. The SMILES string of the molecule is O[C@H](c1c(C2CC2)ccn2cncc12)C1CCC(c2ccccc2)CC1. The van der Waals surface area contributed by atoms with Gasteiger partial charge in [-0.3, -0.25) is 0 Å². The first-order valence-electron chi connectivity index (χ1n) is 9.98. The lowest BCUT2D eigenvalue weighted by atomic mass is 9.75. The Hall–Kier alpha value is -2.13. The molecule has 0 aliphatic heterocycles. The molecule has 5 rings (SSSR count). The summed E-state index contributed by atoms with van der Waals surface area (Å²) in [7, 11) is 0. The summed E-state index contributed by atoms with van der Waals surface area (Å²) in [6.07, 6.45) is 12.5. The highest BCUT2D eigenvalue weighted by Gasteiger charge is 2.34. The lowest BCUT2D eigenvalue weighted by molar-refractivity contribution is 0.0810. The zero-order chi connectivity index (χ0) is 17.5. The summed E-state index contributed by atoms with van der Waals surface area (Å²) in [5.74, 6) is 1.64. The second kappa shape index (κ2) is 6.55. The minimum Gasteiger partial charge on any atom is -0.388 e. The van der Waals surface area contributed by atoms with Crippen LogP contribution in [0.4, 0.5) is 0 Å². The van der Waals surface area contributed by atoms with E-state index in [1.165, 1.54) is 36.8 Å². The lowest BCUT2D eigenvalue weighted by Crippen LogP contribution is -2.21. The Kier molecular flexibility index (Phi) is 4.05. The monoisotopic (exact) mass is 346 g/mol. The van der Waals surface area contributed by atoms with E-state index in [0.29, 0.717) is 17.8 Å². The van der Waals surface area contributed by atoms with Crippen molar-refractivity contribution in [2.75, 3.05) is 0 Å². The summed E-state index contributed by atoms with van der Waals surface area (Å²) >= 11 is 0. The third-order valence-corrected chi connectivity index (χ3v) is 6.47. The molecule has 2 aliphatic carbocycles. The van der Waals surface area contributed by atoms with Crippen molar-refractivity contribution in [3.63, 3.8) is 0 Å². The molecule has 3 aromatic rings. The molecule has 3 heteroatoms. The Morgan fingerprint density at radius 2 is 1.65 bits per heavy atom. The van der Waals surface area contributed by atoms with Gasteiger partial charge in [0.05, 0.1) is 24.1 Å². The number of hydrogen-bond donors (Lipinski definition) is 1. The quantitative estimate of drug-likeness (QED) is 0.703. The molecule has 2 heterocycles. The van der Waals surface area contributed by atoms with Crippen molar-refractivity contribution in [1.82, 2.24) is 9.38 Å². The van der Waals surface area contributed by atoms with Crippen LogP contribution in [0.25, 0.3) is 5.52 Å². The van der Waals surface area contributed by atoms with Crippen molar-refractivity contribution in [3.05, 3.63) is 71.8 Å². The zero-order valence-electron chi connectivity index (χ0n) is 15.1. The first kappa shape index (κ1) is 16.1. The first-order chi connectivity index (χ1) is 12.8. The number of aliphatic hydroxyl groups is 1. The smallest absolute Gasteiger partial charge is 0.0992 e. The molecule has 0 saturated heterocycles. The van der Waals surface area contributed by atoms with E-state index in [4.69, 9.17) is 0 Å².